The fraction of sp³-hybridized carbons (Fsp3) is 0.200. The molecule has 14 heavy (non-hydrogen) atoms. The van der Waals surface area contributed by atoms with E-state index in [1.807, 2.05) is 6.08 Å². The molecular formula is C10H9FN2O. The highest BCUT2D eigenvalue weighted by molar-refractivity contribution is 6.04. The predicted octanol–water partition coefficient (Wildman–Crippen LogP) is 1.88. The first-order valence-corrected chi connectivity index (χ1v) is 4.36. The van der Waals surface area contributed by atoms with E-state index in [1.54, 1.807) is 0 Å². The molecule has 2 rings (SSSR count). The third kappa shape index (κ3) is 1.79. The van der Waals surface area contributed by atoms with Gasteiger partial charge < -0.3 is 5.32 Å². The molecule has 0 spiro atoms. The van der Waals surface area contributed by atoms with Crippen molar-refractivity contribution in [1.82, 2.24) is 4.98 Å². The molecule has 3 nitrogen and oxygen atoms in total. The largest absolute Gasteiger partial charge is 0.321 e. The van der Waals surface area contributed by atoms with E-state index in [4.69, 9.17) is 0 Å². The van der Waals surface area contributed by atoms with E-state index in [-0.39, 0.29) is 5.91 Å². The fourth-order valence-corrected chi connectivity index (χ4v) is 1.19. The van der Waals surface area contributed by atoms with Gasteiger partial charge in [-0.15, -0.1) is 0 Å². The fourth-order valence-electron chi connectivity index (χ4n) is 1.19. The van der Waals surface area contributed by atoms with Gasteiger partial charge in [0.1, 0.15) is 5.82 Å². The topological polar surface area (TPSA) is 42.0 Å². The molecule has 0 radical (unpaired) electrons. The minimum absolute atomic E-state index is 0.163. The maximum absolute atomic E-state index is 12.7. The van der Waals surface area contributed by atoms with Crippen molar-refractivity contribution in [2.75, 3.05) is 5.32 Å². The summed E-state index contributed by atoms with van der Waals surface area (Å²) in [4.78, 5) is 15.0. The molecule has 0 bridgehead atoms. The van der Waals surface area contributed by atoms with Crippen LogP contribution >= 0.6 is 0 Å². The smallest absolute Gasteiger partial charge is 0.251 e. The number of carbonyl (C=O) groups is 1. The molecule has 1 aliphatic rings. The minimum atomic E-state index is -0.453. The van der Waals surface area contributed by atoms with Crippen LogP contribution in [0.2, 0.25) is 0 Å². The monoisotopic (exact) mass is 192 g/mol. The van der Waals surface area contributed by atoms with Crippen LogP contribution in [0.25, 0.3) is 0 Å². The van der Waals surface area contributed by atoms with Crippen molar-refractivity contribution in [2.45, 2.75) is 12.8 Å². The van der Waals surface area contributed by atoms with E-state index in [0.29, 0.717) is 5.69 Å². The molecule has 0 unspecified atom stereocenters. The number of anilines is 1. The van der Waals surface area contributed by atoms with Gasteiger partial charge in [-0.2, -0.15) is 0 Å². The lowest BCUT2D eigenvalue weighted by molar-refractivity contribution is -0.113. The number of hydrogen-bond donors (Lipinski definition) is 1. The van der Waals surface area contributed by atoms with Crippen molar-refractivity contribution in [1.29, 1.82) is 0 Å². The molecule has 72 valence electrons. The van der Waals surface area contributed by atoms with Gasteiger partial charge in [-0.25, -0.2) is 4.39 Å². The van der Waals surface area contributed by atoms with Crippen LogP contribution in [0.15, 0.2) is 30.1 Å². The van der Waals surface area contributed by atoms with E-state index in [0.717, 1.165) is 24.6 Å². The standard InChI is InChI=1S/C10H9FN2O/c11-8-4-9(6-12-5-8)13-10(14)7-2-1-3-7/h2,4-6H,1,3H2,(H,13,14). The summed E-state index contributed by atoms with van der Waals surface area (Å²) in [5, 5.41) is 2.57. The van der Waals surface area contributed by atoms with E-state index < -0.39 is 5.82 Å². The van der Waals surface area contributed by atoms with Crippen molar-refractivity contribution in [3.8, 4) is 0 Å². The highest BCUT2D eigenvalue weighted by Gasteiger charge is 2.14. The third-order valence-corrected chi connectivity index (χ3v) is 2.06. The van der Waals surface area contributed by atoms with Gasteiger partial charge in [-0.1, -0.05) is 6.08 Å². The van der Waals surface area contributed by atoms with Gasteiger partial charge in [-0.3, -0.25) is 9.78 Å². The zero-order valence-corrected chi connectivity index (χ0v) is 7.46. The van der Waals surface area contributed by atoms with Crippen molar-refractivity contribution in [2.24, 2.45) is 0 Å². The Balaban J connectivity index is 2.07. The first-order chi connectivity index (χ1) is 6.75. The molecule has 0 aromatic carbocycles. The van der Waals surface area contributed by atoms with Crippen LogP contribution in [0, 0.1) is 5.82 Å². The van der Waals surface area contributed by atoms with E-state index in [2.05, 4.69) is 10.3 Å². The van der Waals surface area contributed by atoms with Crippen LogP contribution in [0.4, 0.5) is 10.1 Å². The van der Waals surface area contributed by atoms with Crippen LogP contribution < -0.4 is 5.32 Å². The van der Waals surface area contributed by atoms with Crippen LogP contribution in [0.1, 0.15) is 12.8 Å². The van der Waals surface area contributed by atoms with Gasteiger partial charge in [0.2, 0.25) is 0 Å². The summed E-state index contributed by atoms with van der Waals surface area (Å²) in [6.45, 7) is 0. The van der Waals surface area contributed by atoms with Crippen molar-refractivity contribution >= 4 is 11.6 Å². The molecule has 1 aromatic heterocycles. The van der Waals surface area contributed by atoms with Crippen molar-refractivity contribution in [3.63, 3.8) is 0 Å². The first-order valence-electron chi connectivity index (χ1n) is 4.36. The molecule has 0 aliphatic heterocycles. The summed E-state index contributed by atoms with van der Waals surface area (Å²) in [5.74, 6) is -0.617. The van der Waals surface area contributed by atoms with Crippen molar-refractivity contribution < 1.29 is 9.18 Å². The SMILES string of the molecule is O=C(Nc1cncc(F)c1)C1=CCC1. The summed E-state index contributed by atoms with van der Waals surface area (Å²) in [5.41, 5.74) is 1.15. The lowest BCUT2D eigenvalue weighted by Crippen LogP contribution is -2.17. The lowest BCUT2D eigenvalue weighted by Gasteiger charge is -2.13. The molecule has 1 aromatic rings. The number of amides is 1. The Morgan fingerprint density at radius 3 is 2.86 bits per heavy atom. The van der Waals surface area contributed by atoms with Crippen LogP contribution in [0.3, 0.4) is 0 Å². The second-order valence-corrected chi connectivity index (χ2v) is 3.11. The van der Waals surface area contributed by atoms with Gasteiger partial charge >= 0.3 is 0 Å². The molecule has 0 saturated heterocycles. The molecule has 0 fully saturated rings. The second-order valence-electron chi connectivity index (χ2n) is 3.11. The molecule has 1 heterocycles. The van der Waals surface area contributed by atoms with Crippen LogP contribution in [-0.2, 0) is 4.79 Å². The normalized spacial score (nSPS) is 14.2. The van der Waals surface area contributed by atoms with E-state index in [9.17, 15) is 9.18 Å². The number of pyridine rings is 1. The molecule has 4 heteroatoms. The third-order valence-electron chi connectivity index (χ3n) is 2.06. The van der Waals surface area contributed by atoms with Gasteiger partial charge in [0.25, 0.3) is 5.91 Å². The van der Waals surface area contributed by atoms with Crippen LogP contribution in [-0.4, -0.2) is 10.9 Å². The number of allylic oxidation sites excluding steroid dienone is 1. The molecule has 0 atom stereocenters. The highest BCUT2D eigenvalue weighted by atomic mass is 19.1. The summed E-state index contributed by atoms with van der Waals surface area (Å²) in [6, 6.07) is 1.24. The predicted molar refractivity (Wildman–Crippen MR) is 50.1 cm³/mol. The number of halogens is 1. The summed E-state index contributed by atoms with van der Waals surface area (Å²) in [7, 11) is 0. The second kappa shape index (κ2) is 3.57. The zero-order chi connectivity index (χ0) is 9.97. The Bertz CT molecular complexity index is 401. The number of aromatic nitrogens is 1. The number of nitrogens with one attached hydrogen (secondary N) is 1. The van der Waals surface area contributed by atoms with E-state index in [1.165, 1.54) is 12.3 Å². The zero-order valence-electron chi connectivity index (χ0n) is 7.46. The Labute approximate surface area is 80.7 Å². The molecule has 1 N–H and O–H groups in total. The number of nitrogens with zero attached hydrogens (tertiary/aromatic N) is 1. The minimum Gasteiger partial charge on any atom is -0.321 e. The molecule has 1 amide bonds. The summed E-state index contributed by atoms with van der Waals surface area (Å²) in [6.07, 6.45) is 6.12. The Morgan fingerprint density at radius 1 is 1.50 bits per heavy atom. The molecular weight excluding hydrogens is 183 g/mol. The van der Waals surface area contributed by atoms with Gasteiger partial charge in [0.15, 0.2) is 0 Å². The summed E-state index contributed by atoms with van der Waals surface area (Å²) >= 11 is 0. The number of carbonyl (C=O) groups excluding carboxylic acids is 1. The molecule has 1 aliphatic carbocycles. The van der Waals surface area contributed by atoms with E-state index >= 15 is 0 Å². The first kappa shape index (κ1) is 8.87. The van der Waals surface area contributed by atoms with Crippen LogP contribution in [0.5, 0.6) is 0 Å². The Hall–Kier alpha value is -1.71. The maximum atomic E-state index is 12.7. The number of rotatable bonds is 2. The Kier molecular flexibility index (Phi) is 2.26. The summed E-state index contributed by atoms with van der Waals surface area (Å²) < 4.78 is 12.7. The van der Waals surface area contributed by atoms with Gasteiger partial charge in [0.05, 0.1) is 18.1 Å². The molecule has 0 saturated carbocycles. The maximum Gasteiger partial charge on any atom is 0.251 e. The quantitative estimate of drug-likeness (QED) is 0.777. The lowest BCUT2D eigenvalue weighted by atomic mass is 9.98. The Morgan fingerprint density at radius 2 is 2.29 bits per heavy atom. The van der Waals surface area contributed by atoms with Gasteiger partial charge in [-0.05, 0) is 12.8 Å². The van der Waals surface area contributed by atoms with Gasteiger partial charge in [0, 0.05) is 11.6 Å². The van der Waals surface area contributed by atoms with Crippen molar-refractivity contribution in [3.05, 3.63) is 35.9 Å². The average Bonchev–Trinajstić information content (AvgIpc) is 1.99. The average molecular weight is 192 g/mol. The number of hydrogen-bond acceptors (Lipinski definition) is 2. The highest BCUT2D eigenvalue weighted by Crippen LogP contribution is 2.19.